The Labute approximate surface area is 125 Å². The molecule has 2 atom stereocenters. The maximum absolute atomic E-state index is 11.9. The van der Waals surface area contributed by atoms with Crippen LogP contribution in [0.25, 0.3) is 0 Å². The number of likely N-dealkylation sites (N-methyl/N-ethyl adjacent to an activating group) is 1. The Balaban J connectivity index is 1.69. The largest absolute Gasteiger partial charge is 0.488 e. The van der Waals surface area contributed by atoms with Gasteiger partial charge < -0.3 is 15.0 Å². The van der Waals surface area contributed by atoms with Gasteiger partial charge in [-0.3, -0.25) is 4.79 Å². The lowest BCUT2D eigenvalue weighted by molar-refractivity contribution is -0.894. The van der Waals surface area contributed by atoms with Crippen LogP contribution < -0.4 is 15.0 Å². The molecule has 0 spiro atoms. The van der Waals surface area contributed by atoms with Crippen molar-refractivity contribution in [1.29, 1.82) is 0 Å². The molecule has 1 fully saturated rings. The van der Waals surface area contributed by atoms with Crippen LogP contribution in [0.4, 0.5) is 0 Å². The molecule has 1 unspecified atom stereocenters. The molecule has 0 radical (unpaired) electrons. The molecule has 0 saturated heterocycles. The van der Waals surface area contributed by atoms with E-state index >= 15 is 0 Å². The minimum atomic E-state index is -0.0515. The molecule has 110 valence electrons. The summed E-state index contributed by atoms with van der Waals surface area (Å²) in [5.41, 5.74) is 0. The van der Waals surface area contributed by atoms with Gasteiger partial charge in [-0.05, 0) is 44.0 Å². The van der Waals surface area contributed by atoms with Crippen LogP contribution in [0.1, 0.15) is 19.8 Å². The van der Waals surface area contributed by atoms with Crippen LogP contribution in [0.15, 0.2) is 24.3 Å². The van der Waals surface area contributed by atoms with Crippen molar-refractivity contribution in [1.82, 2.24) is 5.32 Å². The summed E-state index contributed by atoms with van der Waals surface area (Å²) in [6.07, 6.45) is 2.24. The third-order valence-electron chi connectivity index (χ3n) is 3.63. The van der Waals surface area contributed by atoms with E-state index in [1.54, 1.807) is 12.1 Å². The van der Waals surface area contributed by atoms with Gasteiger partial charge in [-0.1, -0.05) is 11.6 Å². The summed E-state index contributed by atoms with van der Waals surface area (Å²) in [5.74, 6) is 0.939. The number of hydrogen-bond acceptors (Lipinski definition) is 2. The van der Waals surface area contributed by atoms with E-state index in [2.05, 4.69) is 5.32 Å². The quantitative estimate of drug-likeness (QED) is 0.785. The van der Waals surface area contributed by atoms with Crippen molar-refractivity contribution in [3.8, 4) is 5.75 Å². The van der Waals surface area contributed by atoms with Gasteiger partial charge >= 0.3 is 0 Å². The minimum absolute atomic E-state index is 0.0515. The Morgan fingerprint density at radius 1 is 1.45 bits per heavy atom. The normalized spacial score (nSPS) is 17.4. The molecular formula is C15H22ClN2O2+. The third-order valence-corrected chi connectivity index (χ3v) is 3.89. The van der Waals surface area contributed by atoms with Crippen LogP contribution in [-0.4, -0.2) is 38.2 Å². The number of carbonyl (C=O) groups is 1. The molecule has 4 nitrogen and oxygen atoms in total. The number of halogens is 1. The van der Waals surface area contributed by atoms with E-state index in [9.17, 15) is 4.79 Å². The molecule has 0 aliphatic heterocycles. The number of hydrogen-bond donors (Lipinski definition) is 2. The zero-order valence-corrected chi connectivity index (χ0v) is 12.7. The first-order valence-corrected chi connectivity index (χ1v) is 7.45. The SMILES string of the molecule is C[C@@H](C(=O)NC1CC1)[NH+](C)CCOc1ccc(Cl)cc1. The highest BCUT2D eigenvalue weighted by Crippen LogP contribution is 2.18. The maximum Gasteiger partial charge on any atom is 0.278 e. The van der Waals surface area contributed by atoms with Crippen molar-refractivity contribution >= 4 is 17.5 Å². The molecule has 1 aromatic carbocycles. The summed E-state index contributed by atoms with van der Waals surface area (Å²) in [5, 5.41) is 3.73. The van der Waals surface area contributed by atoms with Gasteiger partial charge in [-0.15, -0.1) is 0 Å². The number of benzene rings is 1. The van der Waals surface area contributed by atoms with Gasteiger partial charge in [-0.2, -0.15) is 0 Å². The highest BCUT2D eigenvalue weighted by Gasteiger charge is 2.28. The zero-order chi connectivity index (χ0) is 14.5. The van der Waals surface area contributed by atoms with Crippen molar-refractivity contribution in [3.05, 3.63) is 29.3 Å². The fraction of sp³-hybridized carbons (Fsp3) is 0.533. The molecule has 1 aliphatic carbocycles. The number of carbonyl (C=O) groups excluding carboxylic acids is 1. The highest BCUT2D eigenvalue weighted by molar-refractivity contribution is 6.30. The number of amides is 1. The summed E-state index contributed by atoms with van der Waals surface area (Å²) >= 11 is 5.82. The van der Waals surface area contributed by atoms with Gasteiger partial charge in [-0.25, -0.2) is 0 Å². The average molecular weight is 298 g/mol. The molecule has 0 aromatic heterocycles. The molecular weight excluding hydrogens is 276 g/mol. The number of nitrogens with one attached hydrogen (secondary N) is 2. The fourth-order valence-corrected chi connectivity index (χ4v) is 1.98. The second-order valence-electron chi connectivity index (χ2n) is 5.40. The van der Waals surface area contributed by atoms with E-state index in [1.165, 1.54) is 0 Å². The highest BCUT2D eigenvalue weighted by atomic mass is 35.5. The van der Waals surface area contributed by atoms with E-state index < -0.39 is 0 Å². The third kappa shape index (κ3) is 4.69. The lowest BCUT2D eigenvalue weighted by Crippen LogP contribution is -3.14. The second-order valence-corrected chi connectivity index (χ2v) is 5.84. The molecule has 1 saturated carbocycles. The van der Waals surface area contributed by atoms with Crippen LogP contribution >= 0.6 is 11.6 Å². The molecule has 5 heteroatoms. The van der Waals surface area contributed by atoms with E-state index in [0.717, 1.165) is 30.0 Å². The molecule has 0 bridgehead atoms. The molecule has 1 aliphatic rings. The Kier molecular flexibility index (Phi) is 5.26. The summed E-state index contributed by atoms with van der Waals surface area (Å²) in [6, 6.07) is 7.67. The van der Waals surface area contributed by atoms with Crippen LogP contribution in [0, 0.1) is 0 Å². The topological polar surface area (TPSA) is 42.8 Å². The first-order chi connectivity index (χ1) is 9.56. The predicted molar refractivity (Wildman–Crippen MR) is 79.3 cm³/mol. The lowest BCUT2D eigenvalue weighted by Gasteiger charge is -2.21. The van der Waals surface area contributed by atoms with Crippen LogP contribution in [0.5, 0.6) is 5.75 Å². The second kappa shape index (κ2) is 6.95. The van der Waals surface area contributed by atoms with Crippen LogP contribution in [0.2, 0.25) is 5.02 Å². The van der Waals surface area contributed by atoms with Gasteiger partial charge in [0.2, 0.25) is 0 Å². The van der Waals surface area contributed by atoms with E-state index in [4.69, 9.17) is 16.3 Å². The first kappa shape index (κ1) is 15.1. The first-order valence-electron chi connectivity index (χ1n) is 7.07. The molecule has 0 heterocycles. The Morgan fingerprint density at radius 3 is 2.70 bits per heavy atom. The van der Waals surface area contributed by atoms with E-state index in [0.29, 0.717) is 17.7 Å². The van der Waals surface area contributed by atoms with E-state index in [1.807, 2.05) is 26.1 Å². The number of quaternary nitrogens is 1. The van der Waals surface area contributed by atoms with Gasteiger partial charge in [0.15, 0.2) is 6.04 Å². The van der Waals surface area contributed by atoms with Crippen LogP contribution in [0.3, 0.4) is 0 Å². The molecule has 1 amide bonds. The summed E-state index contributed by atoms with van der Waals surface area (Å²) < 4.78 is 5.64. The van der Waals surface area contributed by atoms with Gasteiger partial charge in [0, 0.05) is 11.1 Å². The van der Waals surface area contributed by atoms with E-state index in [-0.39, 0.29) is 11.9 Å². The fourth-order valence-electron chi connectivity index (χ4n) is 1.85. The maximum atomic E-state index is 11.9. The Morgan fingerprint density at radius 2 is 2.10 bits per heavy atom. The standard InChI is InChI=1S/C15H21ClN2O2/c1-11(15(19)17-13-5-6-13)18(2)9-10-20-14-7-3-12(16)4-8-14/h3-4,7-8,11,13H,5-6,9-10H2,1-2H3,(H,17,19)/p+1/t11-/m0/s1. The molecule has 20 heavy (non-hydrogen) atoms. The van der Waals surface area contributed by atoms with Crippen molar-refractivity contribution < 1.29 is 14.4 Å². The monoisotopic (exact) mass is 297 g/mol. The lowest BCUT2D eigenvalue weighted by atomic mass is 10.2. The van der Waals surface area contributed by atoms with Crippen molar-refractivity contribution in [3.63, 3.8) is 0 Å². The molecule has 2 N–H and O–H groups in total. The van der Waals surface area contributed by atoms with Gasteiger partial charge in [0.05, 0.1) is 7.05 Å². The summed E-state index contributed by atoms with van der Waals surface area (Å²) in [4.78, 5) is 13.1. The van der Waals surface area contributed by atoms with Crippen molar-refractivity contribution in [2.45, 2.75) is 31.8 Å². The van der Waals surface area contributed by atoms with Gasteiger partial charge in [0.25, 0.3) is 5.91 Å². The zero-order valence-electron chi connectivity index (χ0n) is 12.0. The summed E-state index contributed by atoms with van der Waals surface area (Å²) in [6.45, 7) is 3.31. The van der Waals surface area contributed by atoms with Crippen molar-refractivity contribution in [2.24, 2.45) is 0 Å². The molecule has 2 rings (SSSR count). The van der Waals surface area contributed by atoms with Crippen LogP contribution in [-0.2, 0) is 4.79 Å². The Bertz CT molecular complexity index is 446. The minimum Gasteiger partial charge on any atom is -0.488 e. The van der Waals surface area contributed by atoms with Crippen molar-refractivity contribution in [2.75, 3.05) is 20.2 Å². The number of ether oxygens (including phenoxy) is 1. The predicted octanol–water partition coefficient (Wildman–Crippen LogP) is 0.901. The Hall–Kier alpha value is -1.26. The number of rotatable bonds is 7. The molecule has 1 aromatic rings. The van der Waals surface area contributed by atoms with Gasteiger partial charge in [0.1, 0.15) is 18.9 Å². The average Bonchev–Trinajstić information content (AvgIpc) is 3.24. The summed E-state index contributed by atoms with van der Waals surface area (Å²) in [7, 11) is 2.02. The smallest absolute Gasteiger partial charge is 0.278 e.